The van der Waals surface area contributed by atoms with E-state index >= 15 is 0 Å². The highest BCUT2D eigenvalue weighted by molar-refractivity contribution is 5.58. The molecule has 0 bridgehead atoms. The second-order valence-electron chi connectivity index (χ2n) is 10.6. The van der Waals surface area contributed by atoms with Gasteiger partial charge in [0.1, 0.15) is 35.2 Å². The minimum Gasteiger partial charge on any atom is -0.508 e. The molecule has 0 radical (unpaired) electrons. The van der Waals surface area contributed by atoms with Crippen LogP contribution in [0.1, 0.15) is 51.5 Å². The summed E-state index contributed by atoms with van der Waals surface area (Å²) in [6.45, 7) is -0.00130. The number of fused-ring (bicyclic) bond motifs is 5. The lowest BCUT2D eigenvalue weighted by Gasteiger charge is -2.43. The number of aliphatic hydroxyl groups excluding tert-OH is 1. The molecule has 0 fully saturated rings. The molecule has 10 heteroatoms. The molecular formula is C31H26O10. The number of rotatable bonds is 2. The van der Waals surface area contributed by atoms with Crippen molar-refractivity contribution >= 4 is 0 Å². The average Bonchev–Trinajstić information content (AvgIpc) is 2.95. The number of hydrogen-bond donors (Lipinski definition) is 7. The lowest BCUT2D eigenvalue weighted by Crippen LogP contribution is -2.40. The van der Waals surface area contributed by atoms with Crippen molar-refractivity contribution in [1.82, 2.24) is 0 Å². The Morgan fingerprint density at radius 2 is 1.39 bits per heavy atom. The van der Waals surface area contributed by atoms with Gasteiger partial charge in [-0.05, 0) is 41.5 Å². The molecule has 4 aromatic rings. The minimum atomic E-state index is -0.982. The molecule has 3 heterocycles. The number of phenols is 6. The van der Waals surface area contributed by atoms with E-state index in [1.165, 1.54) is 36.4 Å². The highest BCUT2D eigenvalue weighted by Gasteiger charge is 2.46. The van der Waals surface area contributed by atoms with Gasteiger partial charge in [0.05, 0.1) is 12.7 Å². The lowest BCUT2D eigenvalue weighted by atomic mass is 9.77. The van der Waals surface area contributed by atoms with E-state index in [9.17, 15) is 35.7 Å². The van der Waals surface area contributed by atoms with Crippen LogP contribution >= 0.6 is 0 Å². The van der Waals surface area contributed by atoms with E-state index in [-0.39, 0.29) is 47.5 Å². The Kier molecular flexibility index (Phi) is 5.60. The molecule has 3 aliphatic heterocycles. The van der Waals surface area contributed by atoms with Gasteiger partial charge in [-0.2, -0.15) is 0 Å². The van der Waals surface area contributed by atoms with Gasteiger partial charge in [-0.1, -0.05) is 18.2 Å². The highest BCUT2D eigenvalue weighted by Crippen LogP contribution is 2.54. The summed E-state index contributed by atoms with van der Waals surface area (Å²) in [4.78, 5) is 0. The van der Waals surface area contributed by atoms with E-state index in [4.69, 9.17) is 14.2 Å². The topological polar surface area (TPSA) is 169 Å². The van der Waals surface area contributed by atoms with Gasteiger partial charge in [0, 0.05) is 46.7 Å². The molecule has 3 aliphatic rings. The van der Waals surface area contributed by atoms with Gasteiger partial charge in [-0.3, -0.25) is 0 Å². The van der Waals surface area contributed by atoms with Crippen molar-refractivity contribution in [2.24, 2.45) is 0 Å². The molecule has 210 valence electrons. The van der Waals surface area contributed by atoms with E-state index in [0.717, 1.165) is 0 Å². The Morgan fingerprint density at radius 1 is 0.634 bits per heavy atom. The number of benzene rings is 4. The molecule has 0 aromatic heterocycles. The number of aromatic hydroxyl groups is 6. The van der Waals surface area contributed by atoms with Gasteiger partial charge in [0.2, 0.25) is 0 Å². The predicted octanol–water partition coefficient (Wildman–Crippen LogP) is 4.12. The van der Waals surface area contributed by atoms with E-state index < -0.39 is 30.3 Å². The Hall–Kier alpha value is -4.80. The largest absolute Gasteiger partial charge is 0.508 e. The van der Waals surface area contributed by atoms with Crippen LogP contribution in [0.4, 0.5) is 0 Å². The molecule has 7 N–H and O–H groups in total. The number of aliphatic hydroxyl groups is 1. The smallest absolute Gasteiger partial charge is 0.163 e. The van der Waals surface area contributed by atoms with Crippen LogP contribution in [0, 0.1) is 0 Å². The molecule has 0 amide bonds. The molecule has 4 aromatic carbocycles. The standard InChI is InChI=1S/C31H26O10/c32-15-2-3-17-26(10-15)41-30-16-4-6-21(34)28(38)19(16)12-39-31(30)27(17)18-7-14-9-24(37)29(40-25(14)11-22(18)35)13-1-5-20(33)23(36)8-13/h1-8,10-11,24,27,29-38H,9,12H2/t24-,27-,29-,30-,31-/m0/s1. The zero-order chi connectivity index (χ0) is 28.6. The fraction of sp³-hybridized carbons (Fsp3) is 0.226. The maximum Gasteiger partial charge on any atom is 0.163 e. The van der Waals surface area contributed by atoms with Gasteiger partial charge in [0.15, 0.2) is 29.1 Å². The van der Waals surface area contributed by atoms with Crippen LogP contribution in [-0.2, 0) is 17.8 Å². The van der Waals surface area contributed by atoms with Crippen LogP contribution in [0.3, 0.4) is 0 Å². The van der Waals surface area contributed by atoms with Crippen molar-refractivity contribution in [2.75, 3.05) is 0 Å². The summed E-state index contributed by atoms with van der Waals surface area (Å²) < 4.78 is 18.6. The zero-order valence-electron chi connectivity index (χ0n) is 21.4. The monoisotopic (exact) mass is 558 g/mol. The molecule has 0 unspecified atom stereocenters. The van der Waals surface area contributed by atoms with E-state index in [1.54, 1.807) is 24.3 Å². The third-order valence-corrected chi connectivity index (χ3v) is 8.14. The summed E-state index contributed by atoms with van der Waals surface area (Å²) in [5.41, 5.74) is 3.29. The third-order valence-electron chi connectivity index (χ3n) is 8.14. The molecular weight excluding hydrogens is 532 g/mol. The average molecular weight is 559 g/mol. The van der Waals surface area contributed by atoms with E-state index in [0.29, 0.717) is 44.9 Å². The number of hydrogen-bond acceptors (Lipinski definition) is 10. The molecule has 7 rings (SSSR count). The molecule has 0 spiro atoms. The predicted molar refractivity (Wildman–Crippen MR) is 143 cm³/mol. The fourth-order valence-corrected chi connectivity index (χ4v) is 6.15. The fourth-order valence-electron chi connectivity index (χ4n) is 6.15. The number of phenolic OH excluding ortho intramolecular Hbond substituents is 6. The zero-order valence-corrected chi connectivity index (χ0v) is 21.4. The third kappa shape index (κ3) is 3.94. The maximum atomic E-state index is 11.3. The Labute approximate surface area is 233 Å². The SMILES string of the molecule is Oc1ccc2c(c1)O[C@H]1c3ccc(O)c(O)c3CO[C@H]1[C@@H]2c1cc2c(cc1O)O[C@@H](c1ccc(O)c(O)c1)[C@@H](O)C2. The normalized spacial score (nSPS) is 24.2. The van der Waals surface area contributed by atoms with Crippen molar-refractivity contribution in [2.45, 2.75) is 43.4 Å². The second-order valence-corrected chi connectivity index (χ2v) is 10.6. The van der Waals surface area contributed by atoms with Crippen molar-refractivity contribution in [3.8, 4) is 46.0 Å². The van der Waals surface area contributed by atoms with Gasteiger partial charge in [0.25, 0.3) is 0 Å². The van der Waals surface area contributed by atoms with Crippen LogP contribution in [0.15, 0.2) is 60.7 Å². The summed E-state index contributed by atoms with van der Waals surface area (Å²) in [5, 5.41) is 72.6. The summed E-state index contributed by atoms with van der Waals surface area (Å²) in [7, 11) is 0. The number of ether oxygens (including phenoxy) is 3. The molecule has 41 heavy (non-hydrogen) atoms. The van der Waals surface area contributed by atoms with Crippen LogP contribution in [0.2, 0.25) is 0 Å². The van der Waals surface area contributed by atoms with Crippen molar-refractivity contribution < 1.29 is 50.0 Å². The van der Waals surface area contributed by atoms with Crippen molar-refractivity contribution in [1.29, 1.82) is 0 Å². The summed E-state index contributed by atoms with van der Waals surface area (Å²) >= 11 is 0. The Morgan fingerprint density at radius 3 is 2.20 bits per heavy atom. The van der Waals surface area contributed by atoms with Gasteiger partial charge < -0.3 is 50.0 Å². The minimum absolute atomic E-state index is 0.00130. The van der Waals surface area contributed by atoms with Gasteiger partial charge in [-0.15, -0.1) is 0 Å². The summed E-state index contributed by atoms with van der Waals surface area (Å²) in [5.74, 6) is -1.11. The highest BCUT2D eigenvalue weighted by atomic mass is 16.5. The van der Waals surface area contributed by atoms with E-state index in [1.807, 2.05) is 0 Å². The first-order chi connectivity index (χ1) is 19.7. The Bertz CT molecular complexity index is 1700. The molecule has 0 saturated carbocycles. The maximum absolute atomic E-state index is 11.3. The quantitative estimate of drug-likeness (QED) is 0.178. The summed E-state index contributed by atoms with van der Waals surface area (Å²) in [6.07, 6.45) is -3.00. The van der Waals surface area contributed by atoms with Crippen molar-refractivity contribution in [3.05, 3.63) is 94.0 Å². The molecule has 10 nitrogen and oxygen atoms in total. The van der Waals surface area contributed by atoms with Crippen LogP contribution in [0.25, 0.3) is 0 Å². The van der Waals surface area contributed by atoms with Crippen molar-refractivity contribution in [3.63, 3.8) is 0 Å². The van der Waals surface area contributed by atoms with Crippen LogP contribution < -0.4 is 9.47 Å². The van der Waals surface area contributed by atoms with E-state index in [2.05, 4.69) is 0 Å². The van der Waals surface area contributed by atoms with Gasteiger partial charge >= 0.3 is 0 Å². The van der Waals surface area contributed by atoms with Crippen LogP contribution in [-0.4, -0.2) is 48.0 Å². The Balaban J connectivity index is 1.31. The molecule has 0 aliphatic carbocycles. The first kappa shape index (κ1) is 25.2. The summed E-state index contributed by atoms with van der Waals surface area (Å²) in [6, 6.07) is 15.2. The molecule has 0 saturated heterocycles. The first-order valence-corrected chi connectivity index (χ1v) is 13.1. The second kappa shape index (κ2) is 9.12. The van der Waals surface area contributed by atoms with Crippen LogP contribution in [0.5, 0.6) is 46.0 Å². The molecule has 5 atom stereocenters. The lowest BCUT2D eigenvalue weighted by molar-refractivity contribution is -0.0720. The van der Waals surface area contributed by atoms with Gasteiger partial charge in [-0.25, -0.2) is 0 Å². The first-order valence-electron chi connectivity index (χ1n) is 13.1.